The number of carboxylic acids is 2. The van der Waals surface area contributed by atoms with E-state index in [-0.39, 0.29) is 37.2 Å². The second-order valence-corrected chi connectivity index (χ2v) is 9.47. The number of hydrogen-bond donors (Lipinski definition) is 9. The second-order valence-electron chi connectivity index (χ2n) is 9.47. The summed E-state index contributed by atoms with van der Waals surface area (Å²) in [5, 5.41) is 44.9. The monoisotopic (exact) mass is 587 g/mol. The number of aliphatic carboxylic acids is 2. The topological polar surface area (TPSA) is 271 Å². The fourth-order valence-corrected chi connectivity index (χ4v) is 3.78. The van der Waals surface area contributed by atoms with Crippen LogP contribution < -0.4 is 27.4 Å². The fourth-order valence-electron chi connectivity index (χ4n) is 3.78. The zero-order valence-corrected chi connectivity index (χ0v) is 22.4. The van der Waals surface area contributed by atoms with E-state index in [0.717, 1.165) is 0 Å². The number of primary amides is 1. The molecular weight excluding hydrogens is 554 g/mol. The minimum atomic E-state index is -1.68. The Bertz CT molecular complexity index is 1280. The van der Waals surface area contributed by atoms with Gasteiger partial charge in [-0.1, -0.05) is 24.3 Å². The predicted molar refractivity (Wildman–Crippen MR) is 146 cm³/mol. The van der Waals surface area contributed by atoms with Crippen molar-refractivity contribution in [3.63, 3.8) is 0 Å². The van der Waals surface area contributed by atoms with Gasteiger partial charge in [-0.3, -0.25) is 24.0 Å². The van der Waals surface area contributed by atoms with Crippen molar-refractivity contribution in [2.24, 2.45) is 11.5 Å². The summed E-state index contributed by atoms with van der Waals surface area (Å²) in [5.41, 5.74) is 11.7. The fraction of sp³-hybridized carbons (Fsp3) is 0.333. The summed E-state index contributed by atoms with van der Waals surface area (Å²) in [5.74, 6) is -6.60. The maximum atomic E-state index is 13.3. The van der Waals surface area contributed by atoms with Crippen molar-refractivity contribution < 1.29 is 49.2 Å². The molecule has 4 unspecified atom stereocenters. The Balaban J connectivity index is 2.27. The molecule has 0 radical (unpaired) electrons. The molecule has 0 aliphatic heterocycles. The molecule has 2 rings (SSSR count). The molecule has 2 aromatic rings. The zero-order valence-electron chi connectivity index (χ0n) is 22.4. The van der Waals surface area contributed by atoms with E-state index in [1.54, 1.807) is 0 Å². The van der Waals surface area contributed by atoms with E-state index >= 15 is 0 Å². The molecule has 0 aliphatic rings. The lowest BCUT2D eigenvalue weighted by Crippen LogP contribution is -2.58. The van der Waals surface area contributed by atoms with E-state index in [2.05, 4.69) is 16.0 Å². The Morgan fingerprint density at radius 1 is 0.667 bits per heavy atom. The standard InChI is InChI=1S/C27H33N5O10/c28-18(9-10-22(29)35)24(38)30-20(13-23(36)37)26(40)31-19(11-14-1-5-16(33)6-2-14)25(39)32-21(27(41)42)12-15-3-7-17(34)8-4-15/h1-8,18-21,33-34H,9-13,28H2,(H2,29,35)(H,30,38)(H,31,40)(H,32,39)(H,36,37)(H,41,42). The first-order valence-electron chi connectivity index (χ1n) is 12.7. The molecular formula is C27H33N5O10. The summed E-state index contributed by atoms with van der Waals surface area (Å²) in [6, 6.07) is 5.37. The first-order valence-corrected chi connectivity index (χ1v) is 12.7. The van der Waals surface area contributed by atoms with Crippen LogP contribution in [0.4, 0.5) is 0 Å². The summed E-state index contributed by atoms with van der Waals surface area (Å²) in [6.45, 7) is 0. The lowest BCUT2D eigenvalue weighted by molar-refractivity contribution is -0.143. The average Bonchev–Trinajstić information content (AvgIpc) is 2.92. The molecule has 4 atom stereocenters. The Hall–Kier alpha value is -5.18. The highest BCUT2D eigenvalue weighted by Crippen LogP contribution is 2.14. The summed E-state index contributed by atoms with van der Waals surface area (Å²) < 4.78 is 0. The van der Waals surface area contributed by atoms with Crippen LogP contribution in [0, 0.1) is 0 Å². The van der Waals surface area contributed by atoms with E-state index in [0.29, 0.717) is 11.1 Å². The van der Waals surface area contributed by atoms with Gasteiger partial charge in [0.25, 0.3) is 0 Å². The third-order valence-corrected chi connectivity index (χ3v) is 6.05. The quantitative estimate of drug-likeness (QED) is 0.109. The minimum absolute atomic E-state index is 0.0387. The van der Waals surface area contributed by atoms with Crippen LogP contribution in [0.1, 0.15) is 30.4 Å². The van der Waals surface area contributed by atoms with Crippen LogP contribution in [0.3, 0.4) is 0 Å². The van der Waals surface area contributed by atoms with Crippen molar-refractivity contribution in [1.82, 2.24) is 16.0 Å². The molecule has 15 heteroatoms. The number of carboxylic acid groups (broad SMARTS) is 2. The van der Waals surface area contributed by atoms with Gasteiger partial charge in [-0.2, -0.15) is 0 Å². The lowest BCUT2D eigenvalue weighted by atomic mass is 10.0. The van der Waals surface area contributed by atoms with Gasteiger partial charge >= 0.3 is 11.9 Å². The van der Waals surface area contributed by atoms with Gasteiger partial charge in [-0.05, 0) is 41.8 Å². The Morgan fingerprint density at radius 2 is 1.10 bits per heavy atom. The van der Waals surface area contributed by atoms with Gasteiger partial charge in [0, 0.05) is 19.3 Å². The third kappa shape index (κ3) is 11.1. The number of rotatable bonds is 16. The van der Waals surface area contributed by atoms with Crippen molar-refractivity contribution in [1.29, 1.82) is 0 Å². The number of phenolic OH excluding ortho intramolecular Hbond substituents is 2. The van der Waals surface area contributed by atoms with Crippen LogP contribution in [0.25, 0.3) is 0 Å². The molecule has 0 aliphatic carbocycles. The molecule has 4 amide bonds. The zero-order chi connectivity index (χ0) is 31.4. The van der Waals surface area contributed by atoms with Crippen molar-refractivity contribution >= 4 is 35.6 Å². The lowest BCUT2D eigenvalue weighted by Gasteiger charge is -2.25. The number of benzene rings is 2. The molecule has 15 nitrogen and oxygen atoms in total. The van der Waals surface area contributed by atoms with Gasteiger partial charge in [-0.25, -0.2) is 4.79 Å². The molecule has 0 spiro atoms. The molecule has 0 heterocycles. The number of carbonyl (C=O) groups excluding carboxylic acids is 4. The molecule has 11 N–H and O–H groups in total. The van der Waals surface area contributed by atoms with Crippen LogP contribution in [-0.4, -0.2) is 80.2 Å². The summed E-state index contributed by atoms with van der Waals surface area (Å²) in [4.78, 5) is 73.2. The van der Waals surface area contributed by atoms with Crippen LogP contribution in [0.5, 0.6) is 11.5 Å². The van der Waals surface area contributed by atoms with Gasteiger partial charge in [0.05, 0.1) is 12.5 Å². The molecule has 0 saturated heterocycles. The number of aromatic hydroxyl groups is 2. The van der Waals surface area contributed by atoms with Crippen LogP contribution in [0.15, 0.2) is 48.5 Å². The molecule has 42 heavy (non-hydrogen) atoms. The van der Waals surface area contributed by atoms with Gasteiger partial charge < -0.3 is 47.8 Å². The van der Waals surface area contributed by atoms with E-state index in [9.17, 15) is 49.2 Å². The van der Waals surface area contributed by atoms with Crippen LogP contribution in [0.2, 0.25) is 0 Å². The molecule has 0 bridgehead atoms. The maximum absolute atomic E-state index is 13.3. The first kappa shape index (κ1) is 33.0. The van der Waals surface area contributed by atoms with E-state index < -0.39 is 66.2 Å². The number of carbonyl (C=O) groups is 6. The van der Waals surface area contributed by atoms with Gasteiger partial charge in [-0.15, -0.1) is 0 Å². The van der Waals surface area contributed by atoms with E-state index in [1.807, 2.05) is 0 Å². The van der Waals surface area contributed by atoms with Gasteiger partial charge in [0.2, 0.25) is 23.6 Å². The third-order valence-electron chi connectivity index (χ3n) is 6.05. The van der Waals surface area contributed by atoms with Gasteiger partial charge in [0.15, 0.2) is 0 Å². The van der Waals surface area contributed by atoms with Crippen LogP contribution >= 0.6 is 0 Å². The highest BCUT2D eigenvalue weighted by molar-refractivity contribution is 5.95. The highest BCUT2D eigenvalue weighted by Gasteiger charge is 2.32. The number of hydrogen-bond acceptors (Lipinski definition) is 9. The normalized spacial score (nSPS) is 13.5. The smallest absolute Gasteiger partial charge is 0.326 e. The largest absolute Gasteiger partial charge is 0.508 e. The average molecular weight is 588 g/mol. The van der Waals surface area contributed by atoms with Crippen LogP contribution in [-0.2, 0) is 41.6 Å². The number of phenols is 2. The highest BCUT2D eigenvalue weighted by atomic mass is 16.4. The maximum Gasteiger partial charge on any atom is 0.326 e. The SMILES string of the molecule is NC(=O)CCC(N)C(=O)NC(CC(=O)O)C(=O)NC(Cc1ccc(O)cc1)C(=O)NC(Cc1ccc(O)cc1)C(=O)O. The Morgan fingerprint density at radius 3 is 1.55 bits per heavy atom. The summed E-state index contributed by atoms with van der Waals surface area (Å²) in [6.07, 6.45) is -1.64. The second kappa shape index (κ2) is 15.6. The van der Waals surface area contributed by atoms with Crippen molar-refractivity contribution in [2.75, 3.05) is 0 Å². The van der Waals surface area contributed by atoms with Crippen molar-refractivity contribution in [3.05, 3.63) is 59.7 Å². The first-order chi connectivity index (χ1) is 19.7. The van der Waals surface area contributed by atoms with E-state index in [1.165, 1.54) is 48.5 Å². The molecule has 2 aromatic carbocycles. The molecule has 0 saturated carbocycles. The van der Waals surface area contributed by atoms with Crippen molar-refractivity contribution in [2.45, 2.75) is 56.3 Å². The molecule has 0 aromatic heterocycles. The number of nitrogens with two attached hydrogens (primary N) is 2. The van der Waals surface area contributed by atoms with Crippen molar-refractivity contribution in [3.8, 4) is 11.5 Å². The number of amides is 4. The molecule has 226 valence electrons. The summed E-state index contributed by atoms with van der Waals surface area (Å²) in [7, 11) is 0. The number of nitrogens with one attached hydrogen (secondary N) is 3. The minimum Gasteiger partial charge on any atom is -0.508 e. The van der Waals surface area contributed by atoms with E-state index in [4.69, 9.17) is 11.5 Å². The predicted octanol–water partition coefficient (Wildman–Crippen LogP) is -1.51. The Kier molecular flexibility index (Phi) is 12.2. The Labute approximate surface area is 239 Å². The summed E-state index contributed by atoms with van der Waals surface area (Å²) >= 11 is 0. The molecule has 0 fully saturated rings. The van der Waals surface area contributed by atoms with Gasteiger partial charge in [0.1, 0.15) is 29.6 Å².